The molecule has 0 fully saturated rings. The number of halogens is 1. The Hall–Kier alpha value is -1.46. The molecule has 0 radical (unpaired) electrons. The van der Waals surface area contributed by atoms with Crippen molar-refractivity contribution < 1.29 is 4.79 Å². The second-order valence-electron chi connectivity index (χ2n) is 3.19. The van der Waals surface area contributed by atoms with Gasteiger partial charge in [0.25, 0.3) is 5.91 Å². The summed E-state index contributed by atoms with van der Waals surface area (Å²) < 4.78 is 0.471. The van der Waals surface area contributed by atoms with Gasteiger partial charge in [-0.3, -0.25) is 10.1 Å². The number of amides is 1. The Morgan fingerprint density at radius 1 is 1.35 bits per heavy atom. The largest absolute Gasteiger partial charge is 0.297 e. The smallest absolute Gasteiger partial charge is 0.264 e. The van der Waals surface area contributed by atoms with E-state index in [-0.39, 0.29) is 5.91 Å². The zero-order chi connectivity index (χ0) is 12.1. The van der Waals surface area contributed by atoms with E-state index in [1.54, 1.807) is 12.3 Å². The Labute approximate surface area is 111 Å². The summed E-state index contributed by atoms with van der Waals surface area (Å²) >= 11 is 4.64. The van der Waals surface area contributed by atoms with E-state index in [4.69, 9.17) is 0 Å². The Morgan fingerprint density at radius 2 is 2.12 bits per heavy atom. The lowest BCUT2D eigenvalue weighted by Crippen LogP contribution is -2.10. The average molecular weight is 309 g/mol. The first-order valence-corrected chi connectivity index (χ1v) is 6.56. The molecule has 1 heterocycles. The summed E-state index contributed by atoms with van der Waals surface area (Å²) in [6, 6.07) is 9.63. The van der Waals surface area contributed by atoms with Gasteiger partial charge >= 0.3 is 0 Å². The summed E-state index contributed by atoms with van der Waals surface area (Å²) in [5, 5.41) is 5.10. The van der Waals surface area contributed by atoms with Gasteiger partial charge in [0.05, 0.1) is 4.48 Å². The van der Waals surface area contributed by atoms with Crippen LogP contribution in [-0.2, 0) is 4.79 Å². The van der Waals surface area contributed by atoms with E-state index in [0.717, 1.165) is 5.56 Å². The minimum Gasteiger partial charge on any atom is -0.297 e. The third-order valence-corrected chi connectivity index (χ3v) is 3.24. The van der Waals surface area contributed by atoms with Gasteiger partial charge in [-0.1, -0.05) is 30.3 Å². The fourth-order valence-corrected chi connectivity index (χ4v) is 2.09. The van der Waals surface area contributed by atoms with Crippen LogP contribution in [0.15, 0.2) is 46.4 Å². The van der Waals surface area contributed by atoms with Gasteiger partial charge in [-0.2, -0.15) is 0 Å². The lowest BCUT2D eigenvalue weighted by molar-refractivity contribution is -0.112. The van der Waals surface area contributed by atoms with Crippen LogP contribution >= 0.6 is 27.3 Å². The van der Waals surface area contributed by atoms with Crippen molar-refractivity contribution in [2.45, 2.75) is 0 Å². The van der Waals surface area contributed by atoms with Crippen LogP contribution in [0.25, 0.3) is 6.08 Å². The maximum Gasteiger partial charge on any atom is 0.264 e. The number of hydrogen-bond acceptors (Lipinski definition) is 3. The molecule has 1 amide bonds. The van der Waals surface area contributed by atoms with Gasteiger partial charge in [0.15, 0.2) is 5.13 Å². The second-order valence-corrected chi connectivity index (χ2v) is 4.94. The molecule has 2 aromatic rings. The molecule has 0 saturated carbocycles. The molecule has 17 heavy (non-hydrogen) atoms. The van der Waals surface area contributed by atoms with Crippen molar-refractivity contribution in [3.05, 3.63) is 52.0 Å². The van der Waals surface area contributed by atoms with Crippen LogP contribution in [-0.4, -0.2) is 10.9 Å². The number of nitrogens with zero attached hydrogens (tertiary/aromatic N) is 1. The fourth-order valence-electron chi connectivity index (χ4n) is 1.20. The molecule has 0 saturated heterocycles. The summed E-state index contributed by atoms with van der Waals surface area (Å²) in [6.07, 6.45) is 3.41. The first kappa shape index (κ1) is 12.0. The Morgan fingerprint density at radius 3 is 2.76 bits per heavy atom. The Balaban J connectivity index is 2.07. The molecule has 86 valence electrons. The van der Waals surface area contributed by atoms with E-state index >= 15 is 0 Å². The van der Waals surface area contributed by atoms with Crippen molar-refractivity contribution in [1.82, 2.24) is 4.98 Å². The molecule has 0 bridgehead atoms. The van der Waals surface area contributed by atoms with Gasteiger partial charge in [0.1, 0.15) is 0 Å². The molecule has 0 aliphatic heterocycles. The highest BCUT2D eigenvalue weighted by Crippen LogP contribution is 2.16. The highest BCUT2D eigenvalue weighted by atomic mass is 79.9. The maximum absolute atomic E-state index is 11.8. The van der Waals surface area contributed by atoms with Crippen LogP contribution < -0.4 is 5.32 Å². The number of hydrogen-bond donors (Lipinski definition) is 1. The number of thiazole rings is 1. The van der Waals surface area contributed by atoms with Crippen LogP contribution in [0.2, 0.25) is 0 Å². The van der Waals surface area contributed by atoms with Gasteiger partial charge in [-0.15, -0.1) is 11.3 Å². The van der Waals surface area contributed by atoms with Gasteiger partial charge in [0.2, 0.25) is 0 Å². The van der Waals surface area contributed by atoms with Crippen LogP contribution in [0.1, 0.15) is 5.56 Å². The second kappa shape index (κ2) is 5.75. The molecule has 3 nitrogen and oxygen atoms in total. The van der Waals surface area contributed by atoms with Crippen molar-refractivity contribution in [2.75, 3.05) is 5.32 Å². The quantitative estimate of drug-likeness (QED) is 0.882. The molecule has 0 spiro atoms. The third kappa shape index (κ3) is 3.51. The SMILES string of the molecule is O=C(Nc1nccs1)C(Br)=Cc1ccccc1. The third-order valence-electron chi connectivity index (χ3n) is 1.96. The van der Waals surface area contributed by atoms with Crippen LogP contribution in [0, 0.1) is 0 Å². The van der Waals surface area contributed by atoms with E-state index in [9.17, 15) is 4.79 Å². The fraction of sp³-hybridized carbons (Fsp3) is 0. The summed E-state index contributed by atoms with van der Waals surface area (Å²) in [4.78, 5) is 15.7. The van der Waals surface area contributed by atoms with Crippen molar-refractivity contribution in [1.29, 1.82) is 0 Å². The highest BCUT2D eigenvalue weighted by molar-refractivity contribution is 9.12. The molecule has 0 aliphatic rings. The van der Waals surface area contributed by atoms with E-state index in [2.05, 4.69) is 26.2 Å². The number of carbonyl (C=O) groups excluding carboxylic acids is 1. The van der Waals surface area contributed by atoms with E-state index < -0.39 is 0 Å². The van der Waals surface area contributed by atoms with Crippen molar-refractivity contribution >= 4 is 44.4 Å². The lowest BCUT2D eigenvalue weighted by atomic mass is 10.2. The first-order valence-electron chi connectivity index (χ1n) is 4.89. The molecule has 0 aliphatic carbocycles. The molecule has 0 atom stereocenters. The number of benzene rings is 1. The predicted octanol–water partition coefficient (Wildman–Crippen LogP) is 3.52. The topological polar surface area (TPSA) is 42.0 Å². The van der Waals surface area contributed by atoms with Crippen molar-refractivity contribution in [3.63, 3.8) is 0 Å². The normalized spacial score (nSPS) is 11.2. The van der Waals surface area contributed by atoms with Crippen LogP contribution in [0.4, 0.5) is 5.13 Å². The highest BCUT2D eigenvalue weighted by Gasteiger charge is 2.07. The van der Waals surface area contributed by atoms with E-state index in [1.807, 2.05) is 35.7 Å². The van der Waals surface area contributed by atoms with Crippen molar-refractivity contribution in [3.8, 4) is 0 Å². The molecule has 1 N–H and O–H groups in total. The van der Waals surface area contributed by atoms with Gasteiger partial charge < -0.3 is 0 Å². The minimum atomic E-state index is -0.205. The van der Waals surface area contributed by atoms with Crippen LogP contribution in [0.5, 0.6) is 0 Å². The summed E-state index contributed by atoms with van der Waals surface area (Å²) in [5.41, 5.74) is 0.966. The zero-order valence-electron chi connectivity index (χ0n) is 8.76. The summed E-state index contributed by atoms with van der Waals surface area (Å²) in [6.45, 7) is 0. The molecule has 1 aromatic carbocycles. The summed E-state index contributed by atoms with van der Waals surface area (Å²) in [5.74, 6) is -0.205. The molecule has 0 unspecified atom stereocenters. The maximum atomic E-state index is 11.8. The number of carbonyl (C=O) groups is 1. The molecule has 2 rings (SSSR count). The average Bonchev–Trinajstić information content (AvgIpc) is 2.83. The number of nitrogens with one attached hydrogen (secondary N) is 1. The van der Waals surface area contributed by atoms with Gasteiger partial charge in [0, 0.05) is 11.6 Å². The van der Waals surface area contributed by atoms with E-state index in [0.29, 0.717) is 9.61 Å². The monoisotopic (exact) mass is 308 g/mol. The number of rotatable bonds is 3. The molecular weight excluding hydrogens is 300 g/mol. The Kier molecular flexibility index (Phi) is 4.06. The predicted molar refractivity (Wildman–Crippen MR) is 74.1 cm³/mol. The summed E-state index contributed by atoms with van der Waals surface area (Å²) in [7, 11) is 0. The van der Waals surface area contributed by atoms with Gasteiger partial charge in [-0.25, -0.2) is 4.98 Å². The number of aromatic nitrogens is 1. The molecular formula is C12H9BrN2OS. The molecule has 1 aromatic heterocycles. The van der Waals surface area contributed by atoms with Crippen LogP contribution in [0.3, 0.4) is 0 Å². The standard InChI is InChI=1S/C12H9BrN2OS/c13-10(8-9-4-2-1-3-5-9)11(16)15-12-14-6-7-17-12/h1-8H,(H,14,15,16). The van der Waals surface area contributed by atoms with Crippen molar-refractivity contribution in [2.24, 2.45) is 0 Å². The first-order chi connectivity index (χ1) is 8.25. The van der Waals surface area contributed by atoms with E-state index in [1.165, 1.54) is 11.3 Å². The van der Waals surface area contributed by atoms with Gasteiger partial charge in [-0.05, 0) is 27.6 Å². The Bertz CT molecular complexity index is 523. The zero-order valence-corrected chi connectivity index (χ0v) is 11.2. The lowest BCUT2D eigenvalue weighted by Gasteiger charge is -2.00. The molecule has 5 heteroatoms. The minimum absolute atomic E-state index is 0.205. The number of anilines is 1.